The van der Waals surface area contributed by atoms with Crippen LogP contribution in [-0.4, -0.2) is 17.4 Å². The van der Waals surface area contributed by atoms with Crippen molar-refractivity contribution >= 4 is 23.6 Å². The Morgan fingerprint density at radius 2 is 1.94 bits per heavy atom. The van der Waals surface area contributed by atoms with Crippen LogP contribution >= 0.6 is 11.3 Å². The molecule has 16 heavy (non-hydrogen) atoms. The van der Waals surface area contributed by atoms with Crippen molar-refractivity contribution in [1.29, 1.82) is 0 Å². The van der Waals surface area contributed by atoms with Crippen LogP contribution in [0.1, 0.15) is 20.0 Å². The topological polar surface area (TPSA) is 54.4 Å². The molecule has 0 saturated heterocycles. The number of thiophene rings is 1. The van der Waals surface area contributed by atoms with Crippen LogP contribution in [0.25, 0.3) is 10.4 Å². The molecule has 80 valence electrons. The first-order chi connectivity index (χ1) is 7.72. The minimum atomic E-state index is -0.961. The summed E-state index contributed by atoms with van der Waals surface area (Å²) in [5.41, 5.74) is 0.898. The van der Waals surface area contributed by atoms with E-state index in [0.29, 0.717) is 10.4 Å². The van der Waals surface area contributed by atoms with Gasteiger partial charge in [-0.3, -0.25) is 4.79 Å². The molecule has 1 aromatic carbocycles. The van der Waals surface area contributed by atoms with Crippen molar-refractivity contribution in [2.24, 2.45) is 0 Å². The molecule has 0 amide bonds. The number of benzene rings is 1. The predicted molar refractivity (Wildman–Crippen MR) is 62.1 cm³/mol. The zero-order valence-corrected chi connectivity index (χ0v) is 9.03. The lowest BCUT2D eigenvalue weighted by molar-refractivity contribution is 0.0697. The summed E-state index contributed by atoms with van der Waals surface area (Å²) in [4.78, 5) is 23.0. The van der Waals surface area contributed by atoms with Crippen molar-refractivity contribution in [2.45, 2.75) is 0 Å². The number of hydrogen-bond acceptors (Lipinski definition) is 3. The third kappa shape index (κ3) is 1.87. The zero-order chi connectivity index (χ0) is 11.5. The van der Waals surface area contributed by atoms with Crippen LogP contribution in [0.3, 0.4) is 0 Å². The molecule has 0 saturated carbocycles. The van der Waals surface area contributed by atoms with Crippen LogP contribution in [-0.2, 0) is 0 Å². The number of carboxylic acid groups (broad SMARTS) is 1. The van der Waals surface area contributed by atoms with Gasteiger partial charge >= 0.3 is 5.97 Å². The van der Waals surface area contributed by atoms with Crippen LogP contribution in [0.5, 0.6) is 0 Å². The second kappa shape index (κ2) is 4.28. The van der Waals surface area contributed by atoms with Crippen LogP contribution in [0.2, 0.25) is 0 Å². The number of carbonyl (C=O) groups is 2. The van der Waals surface area contributed by atoms with Crippen molar-refractivity contribution < 1.29 is 14.7 Å². The molecule has 0 aliphatic heterocycles. The summed E-state index contributed by atoms with van der Waals surface area (Å²) in [6, 6.07) is 10.2. The number of carbonyl (C=O) groups excluding carboxylic acids is 1. The molecule has 3 nitrogen and oxygen atoms in total. The normalized spacial score (nSPS) is 10.0. The van der Waals surface area contributed by atoms with Gasteiger partial charge in [0.2, 0.25) is 0 Å². The van der Waals surface area contributed by atoms with Gasteiger partial charge in [-0.25, -0.2) is 4.79 Å². The van der Waals surface area contributed by atoms with E-state index in [1.807, 2.05) is 0 Å². The minimum Gasteiger partial charge on any atom is -0.478 e. The van der Waals surface area contributed by atoms with Crippen LogP contribution in [0, 0.1) is 0 Å². The van der Waals surface area contributed by atoms with Gasteiger partial charge in [-0.05, 0) is 18.2 Å². The Bertz CT molecular complexity index is 543. The number of hydrogen-bond donors (Lipinski definition) is 1. The second-order valence-electron chi connectivity index (χ2n) is 3.17. The van der Waals surface area contributed by atoms with Crippen molar-refractivity contribution in [3.05, 3.63) is 46.8 Å². The van der Waals surface area contributed by atoms with Gasteiger partial charge in [-0.1, -0.05) is 18.2 Å². The molecule has 2 rings (SSSR count). The lowest BCUT2D eigenvalue weighted by atomic mass is 10.1. The first kappa shape index (κ1) is 10.6. The maximum Gasteiger partial charge on any atom is 0.336 e. The fourth-order valence-corrected chi connectivity index (χ4v) is 2.31. The Morgan fingerprint density at radius 3 is 2.56 bits per heavy atom. The molecule has 4 heteroatoms. The lowest BCUT2D eigenvalue weighted by Crippen LogP contribution is -1.97. The zero-order valence-electron chi connectivity index (χ0n) is 8.21. The molecule has 0 atom stereocenters. The van der Waals surface area contributed by atoms with Gasteiger partial charge in [-0.15, -0.1) is 11.3 Å². The molecular weight excluding hydrogens is 224 g/mol. The van der Waals surface area contributed by atoms with E-state index in [9.17, 15) is 9.59 Å². The maximum absolute atomic E-state index is 11.0. The Balaban J connectivity index is 2.54. The SMILES string of the molecule is O=Cc1ccc(-c2ccccc2C(=O)O)s1. The van der Waals surface area contributed by atoms with Gasteiger partial charge in [-0.2, -0.15) is 0 Å². The van der Waals surface area contributed by atoms with Crippen molar-refractivity contribution in [2.75, 3.05) is 0 Å². The third-order valence-electron chi connectivity index (χ3n) is 2.17. The highest BCUT2D eigenvalue weighted by Crippen LogP contribution is 2.30. The second-order valence-corrected chi connectivity index (χ2v) is 4.29. The summed E-state index contributed by atoms with van der Waals surface area (Å²) in [5.74, 6) is -0.961. The standard InChI is InChI=1S/C12H8O3S/c13-7-8-5-6-11(16-8)9-3-1-2-4-10(9)12(14)15/h1-7H,(H,14,15). The molecule has 1 aromatic heterocycles. The first-order valence-electron chi connectivity index (χ1n) is 4.60. The highest BCUT2D eigenvalue weighted by Gasteiger charge is 2.12. The third-order valence-corrected chi connectivity index (χ3v) is 3.21. The fraction of sp³-hybridized carbons (Fsp3) is 0. The Labute approximate surface area is 96.0 Å². The fourth-order valence-electron chi connectivity index (χ4n) is 1.45. The molecule has 0 bridgehead atoms. The van der Waals surface area contributed by atoms with E-state index in [0.717, 1.165) is 11.2 Å². The van der Waals surface area contributed by atoms with E-state index in [4.69, 9.17) is 5.11 Å². The summed E-state index contributed by atoms with van der Waals surface area (Å²) < 4.78 is 0. The maximum atomic E-state index is 11.0. The lowest BCUT2D eigenvalue weighted by Gasteiger charge is -2.02. The summed E-state index contributed by atoms with van der Waals surface area (Å²) in [7, 11) is 0. The molecule has 0 unspecified atom stereocenters. The number of carboxylic acids is 1. The van der Waals surface area contributed by atoms with Gasteiger partial charge in [0.15, 0.2) is 6.29 Å². The molecule has 0 radical (unpaired) electrons. The van der Waals surface area contributed by atoms with E-state index in [1.54, 1.807) is 36.4 Å². The summed E-state index contributed by atoms with van der Waals surface area (Å²) in [5, 5.41) is 9.03. The largest absolute Gasteiger partial charge is 0.478 e. The summed E-state index contributed by atoms with van der Waals surface area (Å²) in [6.07, 6.45) is 0.761. The van der Waals surface area contributed by atoms with Crippen LogP contribution in [0.15, 0.2) is 36.4 Å². The molecule has 0 aliphatic carbocycles. The van der Waals surface area contributed by atoms with E-state index in [1.165, 1.54) is 11.3 Å². The predicted octanol–water partition coefficient (Wildman–Crippen LogP) is 2.93. The monoisotopic (exact) mass is 232 g/mol. The van der Waals surface area contributed by atoms with E-state index < -0.39 is 5.97 Å². The van der Waals surface area contributed by atoms with Gasteiger partial charge in [0, 0.05) is 10.4 Å². The van der Waals surface area contributed by atoms with Crippen molar-refractivity contribution in [1.82, 2.24) is 0 Å². The number of rotatable bonds is 3. The smallest absolute Gasteiger partial charge is 0.336 e. The minimum absolute atomic E-state index is 0.252. The molecule has 0 aliphatic rings. The van der Waals surface area contributed by atoms with Gasteiger partial charge in [0.1, 0.15) is 0 Å². The number of aromatic carboxylic acids is 1. The van der Waals surface area contributed by atoms with E-state index in [-0.39, 0.29) is 5.56 Å². The summed E-state index contributed by atoms with van der Waals surface area (Å²) >= 11 is 1.29. The van der Waals surface area contributed by atoms with E-state index in [2.05, 4.69) is 0 Å². The van der Waals surface area contributed by atoms with Crippen LogP contribution < -0.4 is 0 Å². The van der Waals surface area contributed by atoms with Gasteiger partial charge < -0.3 is 5.11 Å². The molecule has 0 fully saturated rings. The van der Waals surface area contributed by atoms with Crippen molar-refractivity contribution in [3.8, 4) is 10.4 Å². The summed E-state index contributed by atoms with van der Waals surface area (Å²) in [6.45, 7) is 0. The number of aldehydes is 1. The quantitative estimate of drug-likeness (QED) is 0.828. The Kier molecular flexibility index (Phi) is 2.83. The Morgan fingerprint density at radius 1 is 1.19 bits per heavy atom. The Hall–Kier alpha value is -1.94. The van der Waals surface area contributed by atoms with Crippen LogP contribution in [0.4, 0.5) is 0 Å². The highest BCUT2D eigenvalue weighted by atomic mass is 32.1. The van der Waals surface area contributed by atoms with Crippen molar-refractivity contribution in [3.63, 3.8) is 0 Å². The first-order valence-corrected chi connectivity index (χ1v) is 5.41. The van der Waals surface area contributed by atoms with Gasteiger partial charge in [0.25, 0.3) is 0 Å². The average Bonchev–Trinajstić information content (AvgIpc) is 2.77. The average molecular weight is 232 g/mol. The van der Waals surface area contributed by atoms with Gasteiger partial charge in [0.05, 0.1) is 10.4 Å². The molecule has 0 spiro atoms. The molecule has 1 heterocycles. The highest BCUT2D eigenvalue weighted by molar-refractivity contribution is 7.17. The molecule has 1 N–H and O–H groups in total. The van der Waals surface area contributed by atoms with E-state index >= 15 is 0 Å². The molecular formula is C12H8O3S. The molecule has 2 aromatic rings.